The van der Waals surface area contributed by atoms with Crippen LogP contribution in [0, 0.1) is 11.6 Å². The van der Waals surface area contributed by atoms with Gasteiger partial charge in [-0.3, -0.25) is 4.98 Å². The summed E-state index contributed by atoms with van der Waals surface area (Å²) in [5, 5.41) is 0. The van der Waals surface area contributed by atoms with E-state index in [0.717, 1.165) is 6.07 Å². The Labute approximate surface area is 124 Å². The van der Waals surface area contributed by atoms with E-state index in [1.165, 1.54) is 18.2 Å². The lowest BCUT2D eigenvalue weighted by Gasteiger charge is -2.10. The highest BCUT2D eigenvalue weighted by atomic mass is 79.9. The van der Waals surface area contributed by atoms with Crippen LogP contribution in [-0.4, -0.2) is 4.98 Å². The number of oxazole rings is 1. The Kier molecular flexibility index (Phi) is 3.17. The molecule has 0 amide bonds. The van der Waals surface area contributed by atoms with Gasteiger partial charge in [-0.15, -0.1) is 0 Å². The lowest BCUT2D eigenvalue weighted by molar-refractivity contribution is 0.417. The zero-order valence-corrected chi connectivity index (χ0v) is 11.8. The van der Waals surface area contributed by atoms with E-state index in [1.54, 1.807) is 0 Å². The highest BCUT2D eigenvalue weighted by Gasteiger charge is 2.15. The van der Waals surface area contributed by atoms with Gasteiger partial charge in [0.05, 0.1) is 11.2 Å². The molecular formula is C13H7BrF2N2O3. The summed E-state index contributed by atoms with van der Waals surface area (Å²) in [6.45, 7) is 0. The van der Waals surface area contributed by atoms with Crippen molar-refractivity contribution in [1.82, 2.24) is 4.98 Å². The summed E-state index contributed by atoms with van der Waals surface area (Å²) < 4.78 is 37.4. The monoisotopic (exact) mass is 356 g/mol. The minimum Gasteiger partial charge on any atom is -0.452 e. The Morgan fingerprint density at radius 3 is 2.71 bits per heavy atom. The number of hydrogen-bond donors (Lipinski definition) is 2. The van der Waals surface area contributed by atoms with Gasteiger partial charge in [-0.25, -0.2) is 9.18 Å². The fourth-order valence-electron chi connectivity index (χ4n) is 1.81. The predicted octanol–water partition coefficient (Wildman–Crippen LogP) is 3.54. The van der Waals surface area contributed by atoms with Crippen molar-refractivity contribution in [2.24, 2.45) is 0 Å². The van der Waals surface area contributed by atoms with Gasteiger partial charge in [0.25, 0.3) is 0 Å². The number of rotatable bonds is 2. The molecular weight excluding hydrogens is 350 g/mol. The van der Waals surface area contributed by atoms with Crippen molar-refractivity contribution in [3.8, 4) is 11.5 Å². The summed E-state index contributed by atoms with van der Waals surface area (Å²) in [7, 11) is 0. The number of aromatic nitrogens is 1. The van der Waals surface area contributed by atoms with Crippen LogP contribution in [0.25, 0.3) is 11.1 Å². The van der Waals surface area contributed by atoms with Crippen molar-refractivity contribution in [2.45, 2.75) is 0 Å². The van der Waals surface area contributed by atoms with Crippen molar-refractivity contribution in [3.05, 3.63) is 50.9 Å². The van der Waals surface area contributed by atoms with Gasteiger partial charge in [0.2, 0.25) is 5.82 Å². The van der Waals surface area contributed by atoms with E-state index in [4.69, 9.17) is 14.9 Å². The Balaban J connectivity index is 2.09. The maximum absolute atomic E-state index is 13.7. The smallest absolute Gasteiger partial charge is 0.417 e. The lowest BCUT2D eigenvalue weighted by atomic mass is 10.2. The van der Waals surface area contributed by atoms with Gasteiger partial charge in [-0.1, -0.05) is 15.9 Å². The van der Waals surface area contributed by atoms with Crippen LogP contribution in [0.4, 0.5) is 14.5 Å². The Morgan fingerprint density at radius 2 is 1.95 bits per heavy atom. The molecule has 0 saturated heterocycles. The maximum atomic E-state index is 13.7. The van der Waals surface area contributed by atoms with Crippen LogP contribution in [0.5, 0.6) is 11.5 Å². The number of H-pyrrole nitrogens is 1. The van der Waals surface area contributed by atoms with Gasteiger partial charge in [0.1, 0.15) is 0 Å². The third-order valence-corrected chi connectivity index (χ3v) is 3.19. The molecule has 5 nitrogen and oxygen atoms in total. The Bertz CT molecular complexity index is 904. The van der Waals surface area contributed by atoms with Crippen LogP contribution >= 0.6 is 15.9 Å². The van der Waals surface area contributed by atoms with Gasteiger partial charge in [-0.05, 0) is 12.1 Å². The standard InChI is InChI=1S/C13H7BrF2N2O3/c14-5-1-6(15)12(16)11(2-5)20-9-4-8-10(3-7(9)17)21-13(19)18-8/h1-4H,17H2,(H,18,19). The van der Waals surface area contributed by atoms with E-state index in [9.17, 15) is 13.6 Å². The van der Waals surface area contributed by atoms with Crippen molar-refractivity contribution in [1.29, 1.82) is 0 Å². The minimum atomic E-state index is -1.14. The van der Waals surface area contributed by atoms with Crippen molar-refractivity contribution in [2.75, 3.05) is 5.73 Å². The topological polar surface area (TPSA) is 81.2 Å². The maximum Gasteiger partial charge on any atom is 0.417 e. The molecule has 3 aromatic rings. The molecule has 0 saturated carbocycles. The molecule has 1 aromatic heterocycles. The molecule has 0 aliphatic heterocycles. The molecule has 108 valence electrons. The Morgan fingerprint density at radius 1 is 1.19 bits per heavy atom. The largest absolute Gasteiger partial charge is 0.452 e. The summed E-state index contributed by atoms with van der Waals surface area (Å²) in [5.41, 5.74) is 6.43. The summed E-state index contributed by atoms with van der Waals surface area (Å²) in [5.74, 6) is -3.12. The van der Waals surface area contributed by atoms with Crippen molar-refractivity contribution >= 4 is 32.7 Å². The number of hydrogen-bond acceptors (Lipinski definition) is 4. The fraction of sp³-hybridized carbons (Fsp3) is 0. The fourth-order valence-corrected chi connectivity index (χ4v) is 2.22. The van der Waals surface area contributed by atoms with Gasteiger partial charge >= 0.3 is 5.76 Å². The number of nitrogen functional groups attached to an aromatic ring is 1. The zero-order valence-electron chi connectivity index (χ0n) is 10.2. The third-order valence-electron chi connectivity index (χ3n) is 2.73. The van der Waals surface area contributed by atoms with Gasteiger partial charge in [-0.2, -0.15) is 4.39 Å². The van der Waals surface area contributed by atoms with Crippen molar-refractivity contribution < 1.29 is 17.9 Å². The van der Waals surface area contributed by atoms with Gasteiger partial charge in [0.15, 0.2) is 22.9 Å². The van der Waals surface area contributed by atoms with Crippen LogP contribution in [0.1, 0.15) is 0 Å². The van der Waals surface area contributed by atoms with Gasteiger partial charge in [0, 0.05) is 16.6 Å². The second-order valence-corrected chi connectivity index (χ2v) is 5.12. The first-order valence-electron chi connectivity index (χ1n) is 5.69. The average molecular weight is 357 g/mol. The quantitative estimate of drug-likeness (QED) is 0.543. The first kappa shape index (κ1) is 13.6. The zero-order chi connectivity index (χ0) is 15.1. The summed E-state index contributed by atoms with van der Waals surface area (Å²) in [4.78, 5) is 13.5. The SMILES string of the molecule is Nc1cc2oc(=O)[nH]c2cc1Oc1cc(Br)cc(F)c1F. The number of nitrogens with two attached hydrogens (primary N) is 1. The molecule has 0 fully saturated rings. The molecule has 0 unspecified atom stereocenters. The third kappa shape index (κ3) is 2.49. The molecule has 3 N–H and O–H groups in total. The Hall–Kier alpha value is -2.35. The van der Waals surface area contributed by atoms with Crippen molar-refractivity contribution in [3.63, 3.8) is 0 Å². The van der Waals surface area contributed by atoms with Crippen LogP contribution < -0.4 is 16.2 Å². The minimum absolute atomic E-state index is 0.0657. The number of fused-ring (bicyclic) bond motifs is 1. The average Bonchev–Trinajstić information content (AvgIpc) is 2.75. The molecule has 0 spiro atoms. The van der Waals surface area contributed by atoms with Crippen LogP contribution in [0.15, 0.2) is 37.9 Å². The van der Waals surface area contributed by atoms with Gasteiger partial charge < -0.3 is 14.9 Å². The van der Waals surface area contributed by atoms with E-state index >= 15 is 0 Å². The highest BCUT2D eigenvalue weighted by molar-refractivity contribution is 9.10. The summed E-state index contributed by atoms with van der Waals surface area (Å²) in [6.07, 6.45) is 0. The number of ether oxygens (including phenoxy) is 1. The van der Waals surface area contributed by atoms with Crippen LogP contribution in [0.3, 0.4) is 0 Å². The molecule has 0 aliphatic rings. The normalized spacial score (nSPS) is 11.0. The molecule has 0 radical (unpaired) electrons. The van der Waals surface area contributed by atoms with E-state index in [0.29, 0.717) is 9.99 Å². The number of halogens is 3. The summed E-state index contributed by atoms with van der Waals surface area (Å²) in [6, 6.07) is 4.96. The predicted molar refractivity (Wildman–Crippen MR) is 75.4 cm³/mol. The first-order chi connectivity index (χ1) is 9.94. The number of aromatic amines is 1. The number of anilines is 1. The molecule has 21 heavy (non-hydrogen) atoms. The molecule has 1 heterocycles. The van der Waals surface area contributed by atoms with E-state index in [2.05, 4.69) is 20.9 Å². The molecule has 0 aliphatic carbocycles. The van der Waals surface area contributed by atoms with E-state index in [1.807, 2.05) is 0 Å². The second kappa shape index (κ2) is 4.88. The first-order valence-corrected chi connectivity index (χ1v) is 6.48. The molecule has 8 heteroatoms. The molecule has 3 rings (SSSR count). The van der Waals surface area contributed by atoms with E-state index in [-0.39, 0.29) is 22.8 Å². The second-order valence-electron chi connectivity index (χ2n) is 4.20. The number of nitrogens with one attached hydrogen (secondary N) is 1. The number of benzene rings is 2. The molecule has 0 bridgehead atoms. The molecule has 0 atom stereocenters. The molecule has 2 aromatic carbocycles. The van der Waals surface area contributed by atoms with Crippen LogP contribution in [0.2, 0.25) is 0 Å². The highest BCUT2D eigenvalue weighted by Crippen LogP contribution is 2.34. The lowest BCUT2D eigenvalue weighted by Crippen LogP contribution is -1.96. The van der Waals surface area contributed by atoms with Crippen LogP contribution in [-0.2, 0) is 0 Å². The summed E-state index contributed by atoms with van der Waals surface area (Å²) >= 11 is 3.04. The van der Waals surface area contributed by atoms with E-state index < -0.39 is 17.4 Å².